The Labute approximate surface area is 288 Å². The maximum Gasteiger partial charge on any atom is 0.0597 e. The first kappa shape index (κ1) is 28.4. The van der Waals surface area contributed by atoms with E-state index in [1.165, 1.54) is 88.8 Å². The van der Waals surface area contributed by atoms with E-state index < -0.39 is 0 Å². The van der Waals surface area contributed by atoms with E-state index in [2.05, 4.69) is 162 Å². The molecule has 1 aliphatic heterocycles. The number of allylic oxidation sites excluding steroid dienone is 10. The normalized spacial score (nSPS) is 18.6. The number of nitrogens with zero attached hydrogens (tertiary/aromatic N) is 2. The van der Waals surface area contributed by atoms with Crippen LogP contribution in [0.2, 0.25) is 0 Å². The molecule has 0 radical (unpaired) electrons. The van der Waals surface area contributed by atoms with Crippen LogP contribution in [0.3, 0.4) is 0 Å². The number of para-hydroxylation sites is 1. The van der Waals surface area contributed by atoms with Crippen molar-refractivity contribution in [2.75, 3.05) is 4.90 Å². The van der Waals surface area contributed by atoms with Crippen molar-refractivity contribution in [1.82, 2.24) is 4.57 Å². The number of rotatable bonds is 3. The summed E-state index contributed by atoms with van der Waals surface area (Å²) in [6.45, 7) is 2.42. The molecule has 0 amide bonds. The highest BCUT2D eigenvalue weighted by atomic mass is 15.2. The molecule has 0 fully saturated rings. The van der Waals surface area contributed by atoms with Crippen molar-refractivity contribution >= 4 is 55.0 Å². The van der Waals surface area contributed by atoms with E-state index in [0.717, 1.165) is 32.1 Å². The SMILES string of the molecule is CC1CC=CC2=C1c1c(n(C3=CCCC=C3)c3ccccc13)C1=C(C=CCC1)N2c1cccc(-c2cc3ccccc3c3ccccc23)c1. The molecular formula is C47H38N2. The van der Waals surface area contributed by atoms with Gasteiger partial charge in [-0.05, 0) is 119 Å². The zero-order valence-electron chi connectivity index (χ0n) is 27.9. The molecule has 0 saturated heterocycles. The molecule has 4 aliphatic rings. The third-order valence-corrected chi connectivity index (χ3v) is 11.0. The summed E-state index contributed by atoms with van der Waals surface area (Å²) in [5.74, 6) is 0.384. The van der Waals surface area contributed by atoms with Crippen molar-refractivity contribution in [3.05, 3.63) is 168 Å². The molecule has 1 unspecified atom stereocenters. The summed E-state index contributed by atoms with van der Waals surface area (Å²) in [4.78, 5) is 2.59. The number of hydrogen-bond donors (Lipinski definition) is 0. The Morgan fingerprint density at radius 2 is 1.41 bits per heavy atom. The van der Waals surface area contributed by atoms with Crippen LogP contribution < -0.4 is 4.90 Å². The van der Waals surface area contributed by atoms with Crippen LogP contribution in [0.15, 0.2) is 157 Å². The summed E-state index contributed by atoms with van der Waals surface area (Å²) in [5, 5.41) is 6.52. The Balaban J connectivity index is 1.26. The molecule has 2 heteroatoms. The van der Waals surface area contributed by atoms with Crippen molar-refractivity contribution in [1.29, 1.82) is 0 Å². The van der Waals surface area contributed by atoms with Gasteiger partial charge < -0.3 is 9.47 Å². The lowest BCUT2D eigenvalue weighted by molar-refractivity contribution is 0.749. The molecule has 1 atom stereocenters. The molecule has 6 aromatic rings. The number of hydrogen-bond acceptors (Lipinski definition) is 1. The van der Waals surface area contributed by atoms with Crippen LogP contribution in [0, 0.1) is 5.92 Å². The minimum absolute atomic E-state index is 0.384. The Morgan fingerprint density at radius 1 is 0.633 bits per heavy atom. The third-order valence-electron chi connectivity index (χ3n) is 11.0. The predicted molar refractivity (Wildman–Crippen MR) is 209 cm³/mol. The molecule has 2 heterocycles. The van der Waals surface area contributed by atoms with Gasteiger partial charge in [0, 0.05) is 33.6 Å². The quantitative estimate of drug-likeness (QED) is 0.177. The molecule has 3 aliphatic carbocycles. The van der Waals surface area contributed by atoms with Crippen LogP contribution in [0.5, 0.6) is 0 Å². The van der Waals surface area contributed by atoms with E-state index in [-0.39, 0.29) is 0 Å². The molecule has 49 heavy (non-hydrogen) atoms. The van der Waals surface area contributed by atoms with Gasteiger partial charge in [-0.1, -0.05) is 110 Å². The van der Waals surface area contributed by atoms with Crippen LogP contribution in [0.1, 0.15) is 50.3 Å². The van der Waals surface area contributed by atoms with Gasteiger partial charge in [0.1, 0.15) is 0 Å². The van der Waals surface area contributed by atoms with Gasteiger partial charge in [-0.2, -0.15) is 0 Å². The van der Waals surface area contributed by atoms with Gasteiger partial charge in [0.05, 0.1) is 16.9 Å². The summed E-state index contributed by atoms with van der Waals surface area (Å²) in [6.07, 6.45) is 22.0. The minimum atomic E-state index is 0.384. The van der Waals surface area contributed by atoms with E-state index in [1.807, 2.05) is 0 Å². The Bertz CT molecular complexity index is 2540. The fraction of sp³-hybridized carbons (Fsp3) is 0.149. The average Bonchev–Trinajstić information content (AvgIpc) is 3.43. The molecule has 10 rings (SSSR count). The summed E-state index contributed by atoms with van der Waals surface area (Å²) in [6, 6.07) is 38.4. The first-order valence-electron chi connectivity index (χ1n) is 17.9. The second-order valence-electron chi connectivity index (χ2n) is 13.9. The van der Waals surface area contributed by atoms with E-state index >= 15 is 0 Å². The maximum absolute atomic E-state index is 2.59. The van der Waals surface area contributed by atoms with E-state index in [4.69, 9.17) is 0 Å². The van der Waals surface area contributed by atoms with E-state index in [0.29, 0.717) is 5.92 Å². The Hall–Kier alpha value is -5.60. The first-order chi connectivity index (χ1) is 24.3. The highest BCUT2D eigenvalue weighted by molar-refractivity contribution is 6.14. The first-order valence-corrected chi connectivity index (χ1v) is 17.9. The fourth-order valence-electron chi connectivity index (χ4n) is 8.86. The lowest BCUT2D eigenvalue weighted by atomic mass is 9.84. The monoisotopic (exact) mass is 630 g/mol. The highest BCUT2D eigenvalue weighted by Gasteiger charge is 2.36. The van der Waals surface area contributed by atoms with Gasteiger partial charge in [0.2, 0.25) is 0 Å². The van der Waals surface area contributed by atoms with Crippen LogP contribution in [-0.4, -0.2) is 4.57 Å². The fourth-order valence-corrected chi connectivity index (χ4v) is 8.86. The highest BCUT2D eigenvalue weighted by Crippen LogP contribution is 2.51. The molecule has 0 bridgehead atoms. The molecule has 0 spiro atoms. The van der Waals surface area contributed by atoms with Crippen molar-refractivity contribution in [3.63, 3.8) is 0 Å². The lowest BCUT2D eigenvalue weighted by Crippen LogP contribution is -2.24. The second-order valence-corrected chi connectivity index (χ2v) is 13.9. The molecule has 2 nitrogen and oxygen atoms in total. The summed E-state index contributed by atoms with van der Waals surface area (Å²) in [7, 11) is 0. The van der Waals surface area contributed by atoms with Gasteiger partial charge in [-0.3, -0.25) is 0 Å². The summed E-state index contributed by atoms with van der Waals surface area (Å²) in [5.41, 5.74) is 14.6. The number of fused-ring (bicyclic) bond motifs is 8. The molecule has 5 aromatic carbocycles. The molecule has 236 valence electrons. The van der Waals surface area contributed by atoms with Gasteiger partial charge in [0.15, 0.2) is 0 Å². The Morgan fingerprint density at radius 3 is 2.29 bits per heavy atom. The third kappa shape index (κ3) is 4.33. The standard InChI is InChI=1S/C47H38N2/c1-31-15-13-28-44-45(31)46-39-24-9-11-26-42(39)49(34-18-3-2-4-19-34)47(46)40-25-10-12-27-43(40)48(44)35-20-14-17-32(29-35)41-30-33-16-5-6-21-36(33)37-22-7-8-23-38(37)41/h3,5-9,11-14,16-24,26-31H,2,4,10,15,25H2,1H3. The smallest absolute Gasteiger partial charge is 0.0597 e. The van der Waals surface area contributed by atoms with E-state index in [9.17, 15) is 0 Å². The molecule has 0 saturated carbocycles. The summed E-state index contributed by atoms with van der Waals surface area (Å²) < 4.78 is 2.59. The lowest BCUT2D eigenvalue weighted by Gasteiger charge is -2.33. The van der Waals surface area contributed by atoms with Crippen LogP contribution >= 0.6 is 0 Å². The second kappa shape index (κ2) is 11.2. The number of benzene rings is 5. The molecular weight excluding hydrogens is 593 g/mol. The van der Waals surface area contributed by atoms with Crippen LogP contribution in [0.25, 0.3) is 60.4 Å². The van der Waals surface area contributed by atoms with Crippen molar-refractivity contribution in [2.45, 2.75) is 39.0 Å². The van der Waals surface area contributed by atoms with E-state index in [1.54, 1.807) is 0 Å². The largest absolute Gasteiger partial charge is 0.310 e. The summed E-state index contributed by atoms with van der Waals surface area (Å²) >= 11 is 0. The van der Waals surface area contributed by atoms with Crippen LogP contribution in [-0.2, 0) is 0 Å². The van der Waals surface area contributed by atoms with Crippen molar-refractivity contribution in [2.24, 2.45) is 5.92 Å². The average molecular weight is 631 g/mol. The van der Waals surface area contributed by atoms with Gasteiger partial charge in [-0.15, -0.1) is 0 Å². The van der Waals surface area contributed by atoms with Gasteiger partial charge in [0.25, 0.3) is 0 Å². The topological polar surface area (TPSA) is 8.17 Å². The number of aromatic nitrogens is 1. The van der Waals surface area contributed by atoms with Gasteiger partial charge >= 0.3 is 0 Å². The Kier molecular flexibility index (Phi) is 6.52. The zero-order chi connectivity index (χ0) is 32.5. The predicted octanol–water partition coefficient (Wildman–Crippen LogP) is 12.7. The van der Waals surface area contributed by atoms with Crippen molar-refractivity contribution < 1.29 is 0 Å². The van der Waals surface area contributed by atoms with Gasteiger partial charge in [-0.25, -0.2) is 0 Å². The molecule has 0 N–H and O–H groups in total. The minimum Gasteiger partial charge on any atom is -0.310 e. The maximum atomic E-state index is 2.59. The van der Waals surface area contributed by atoms with Crippen molar-refractivity contribution in [3.8, 4) is 11.1 Å². The zero-order valence-corrected chi connectivity index (χ0v) is 27.9. The molecule has 1 aromatic heterocycles. The number of anilines is 1. The van der Waals surface area contributed by atoms with Crippen LogP contribution in [0.4, 0.5) is 5.69 Å².